The van der Waals surface area contributed by atoms with Crippen molar-refractivity contribution in [2.45, 2.75) is 12.6 Å². The summed E-state index contributed by atoms with van der Waals surface area (Å²) in [4.78, 5) is 12.2. The number of aryl methyl sites for hydroxylation is 1. The van der Waals surface area contributed by atoms with E-state index in [-0.39, 0.29) is 12.2 Å². The Kier molecular flexibility index (Phi) is 3.86. The zero-order valence-electron chi connectivity index (χ0n) is 13.2. The van der Waals surface area contributed by atoms with E-state index < -0.39 is 16.3 Å². The number of aromatic nitrogens is 3. The molecular formula is C14H19N5O3S. The molecule has 1 atom stereocenters. The van der Waals surface area contributed by atoms with Gasteiger partial charge in [0.15, 0.2) is 5.82 Å². The first-order chi connectivity index (χ1) is 10.8. The van der Waals surface area contributed by atoms with Gasteiger partial charge in [0.2, 0.25) is 0 Å². The minimum Gasteiger partial charge on any atom is -0.276 e. The largest absolute Gasteiger partial charge is 0.345 e. The number of rotatable bonds is 3. The van der Waals surface area contributed by atoms with E-state index in [0.29, 0.717) is 12.4 Å². The van der Waals surface area contributed by atoms with Crippen molar-refractivity contribution in [3.8, 4) is 0 Å². The van der Waals surface area contributed by atoms with Gasteiger partial charge in [-0.15, -0.1) is 0 Å². The van der Waals surface area contributed by atoms with Gasteiger partial charge in [-0.1, -0.05) is 30.3 Å². The van der Waals surface area contributed by atoms with Crippen LogP contribution in [0.4, 0.5) is 0 Å². The lowest BCUT2D eigenvalue weighted by Crippen LogP contribution is -2.48. The molecule has 1 aliphatic rings. The van der Waals surface area contributed by atoms with E-state index in [2.05, 4.69) is 5.10 Å². The average molecular weight is 337 g/mol. The maximum atomic E-state index is 12.7. The molecule has 0 aliphatic carbocycles. The summed E-state index contributed by atoms with van der Waals surface area (Å²) < 4.78 is 30.8. The van der Waals surface area contributed by atoms with Crippen LogP contribution in [0.2, 0.25) is 0 Å². The molecule has 0 saturated carbocycles. The van der Waals surface area contributed by atoms with Gasteiger partial charge in [-0.05, 0) is 5.56 Å². The molecule has 0 bridgehead atoms. The van der Waals surface area contributed by atoms with E-state index in [1.165, 1.54) is 27.4 Å². The van der Waals surface area contributed by atoms with E-state index in [0.717, 1.165) is 5.56 Å². The monoisotopic (exact) mass is 337 g/mol. The molecule has 0 fully saturated rings. The SMILES string of the molecule is CN(C)S(=O)(=O)N1CCn2c(nn(C)c2=O)C1c1ccccc1. The summed E-state index contributed by atoms with van der Waals surface area (Å²) in [5.74, 6) is 0.445. The highest BCUT2D eigenvalue weighted by molar-refractivity contribution is 7.86. The van der Waals surface area contributed by atoms with Crippen LogP contribution in [0, 0.1) is 0 Å². The van der Waals surface area contributed by atoms with E-state index in [1.807, 2.05) is 30.3 Å². The van der Waals surface area contributed by atoms with Gasteiger partial charge in [-0.3, -0.25) is 4.57 Å². The second kappa shape index (κ2) is 5.59. The molecule has 23 heavy (non-hydrogen) atoms. The Bertz CT molecular complexity index is 870. The van der Waals surface area contributed by atoms with Gasteiger partial charge in [0, 0.05) is 34.2 Å². The molecule has 1 aromatic heterocycles. The van der Waals surface area contributed by atoms with E-state index in [9.17, 15) is 13.2 Å². The van der Waals surface area contributed by atoms with Crippen molar-refractivity contribution in [2.75, 3.05) is 20.6 Å². The maximum absolute atomic E-state index is 12.7. The number of benzene rings is 1. The average Bonchev–Trinajstić information content (AvgIpc) is 2.82. The van der Waals surface area contributed by atoms with Gasteiger partial charge >= 0.3 is 5.69 Å². The molecule has 8 nitrogen and oxygen atoms in total. The highest BCUT2D eigenvalue weighted by Gasteiger charge is 2.40. The van der Waals surface area contributed by atoms with Crippen molar-refractivity contribution in [1.82, 2.24) is 23.0 Å². The molecule has 2 aromatic rings. The van der Waals surface area contributed by atoms with Gasteiger partial charge in [0.05, 0.1) is 0 Å². The van der Waals surface area contributed by atoms with E-state index >= 15 is 0 Å². The molecule has 9 heteroatoms. The number of fused-ring (bicyclic) bond motifs is 1. The Hall–Kier alpha value is -1.97. The van der Waals surface area contributed by atoms with E-state index in [1.54, 1.807) is 11.6 Å². The van der Waals surface area contributed by atoms with Crippen LogP contribution in [0.3, 0.4) is 0 Å². The van der Waals surface area contributed by atoms with Crippen molar-refractivity contribution < 1.29 is 8.42 Å². The summed E-state index contributed by atoms with van der Waals surface area (Å²) in [6.45, 7) is 0.511. The second-order valence-electron chi connectivity index (χ2n) is 5.63. The third kappa shape index (κ3) is 2.50. The van der Waals surface area contributed by atoms with Gasteiger partial charge in [0.1, 0.15) is 6.04 Å². The number of hydrogen-bond acceptors (Lipinski definition) is 4. The van der Waals surface area contributed by atoms with Crippen LogP contribution < -0.4 is 5.69 Å². The molecule has 1 aromatic carbocycles. The predicted molar refractivity (Wildman–Crippen MR) is 85.1 cm³/mol. The van der Waals surface area contributed by atoms with Crippen molar-refractivity contribution in [1.29, 1.82) is 0 Å². The summed E-state index contributed by atoms with van der Waals surface area (Å²) in [7, 11) is 0.923. The summed E-state index contributed by atoms with van der Waals surface area (Å²) in [5.41, 5.74) is 0.548. The molecule has 0 spiro atoms. The van der Waals surface area contributed by atoms with Gasteiger partial charge in [-0.2, -0.15) is 22.1 Å². The van der Waals surface area contributed by atoms with Crippen molar-refractivity contribution >= 4 is 10.2 Å². The topological polar surface area (TPSA) is 80.4 Å². The lowest BCUT2D eigenvalue weighted by atomic mass is 10.1. The minimum atomic E-state index is -3.64. The van der Waals surface area contributed by atoms with Crippen LogP contribution in [0.25, 0.3) is 0 Å². The summed E-state index contributed by atoms with van der Waals surface area (Å²) >= 11 is 0. The highest BCUT2D eigenvalue weighted by atomic mass is 32.2. The number of nitrogens with zero attached hydrogens (tertiary/aromatic N) is 5. The standard InChI is InChI=1S/C14H19N5O3S/c1-16(2)23(21,22)19-10-9-18-13(15-17(3)14(18)20)12(19)11-7-5-4-6-8-11/h4-8,12H,9-10H2,1-3H3. The van der Waals surface area contributed by atoms with Crippen LogP contribution in [-0.2, 0) is 23.8 Å². The van der Waals surface area contributed by atoms with Gasteiger partial charge < -0.3 is 0 Å². The molecule has 2 heterocycles. The Balaban J connectivity index is 2.22. The molecule has 0 amide bonds. The lowest BCUT2D eigenvalue weighted by molar-refractivity contribution is 0.273. The molecule has 0 N–H and O–H groups in total. The van der Waals surface area contributed by atoms with Crippen LogP contribution in [0.5, 0.6) is 0 Å². The summed E-state index contributed by atoms with van der Waals surface area (Å²) in [5, 5.41) is 4.27. The zero-order valence-corrected chi connectivity index (χ0v) is 14.1. The van der Waals surface area contributed by atoms with Crippen LogP contribution >= 0.6 is 0 Å². The number of hydrogen-bond donors (Lipinski definition) is 0. The third-order valence-corrected chi connectivity index (χ3v) is 5.90. The second-order valence-corrected chi connectivity index (χ2v) is 7.73. The molecule has 0 saturated heterocycles. The molecule has 1 unspecified atom stereocenters. The fourth-order valence-corrected chi connectivity index (χ4v) is 4.02. The Morgan fingerprint density at radius 1 is 1.17 bits per heavy atom. The van der Waals surface area contributed by atoms with Gasteiger partial charge in [0.25, 0.3) is 10.2 Å². The van der Waals surface area contributed by atoms with Crippen molar-refractivity contribution in [2.24, 2.45) is 7.05 Å². The predicted octanol–water partition coefficient (Wildman–Crippen LogP) is -0.207. The first kappa shape index (κ1) is 15.9. The summed E-state index contributed by atoms with van der Waals surface area (Å²) in [6, 6.07) is 8.62. The molecule has 124 valence electrons. The van der Waals surface area contributed by atoms with Gasteiger partial charge in [-0.25, -0.2) is 9.48 Å². The lowest BCUT2D eigenvalue weighted by Gasteiger charge is -2.35. The quantitative estimate of drug-likeness (QED) is 0.776. The Labute approximate surface area is 134 Å². The Morgan fingerprint density at radius 2 is 1.83 bits per heavy atom. The fourth-order valence-electron chi connectivity index (χ4n) is 2.80. The fraction of sp³-hybridized carbons (Fsp3) is 0.429. The van der Waals surface area contributed by atoms with Crippen molar-refractivity contribution in [3.63, 3.8) is 0 Å². The Morgan fingerprint density at radius 3 is 2.43 bits per heavy atom. The third-order valence-electron chi connectivity index (χ3n) is 3.99. The molecular weight excluding hydrogens is 318 g/mol. The zero-order chi connectivity index (χ0) is 16.8. The maximum Gasteiger partial charge on any atom is 0.345 e. The van der Waals surface area contributed by atoms with Crippen LogP contribution in [0.1, 0.15) is 17.4 Å². The summed E-state index contributed by atoms with van der Waals surface area (Å²) in [6.07, 6.45) is 0. The smallest absolute Gasteiger partial charge is 0.276 e. The first-order valence-electron chi connectivity index (χ1n) is 7.22. The van der Waals surface area contributed by atoms with Crippen molar-refractivity contribution in [3.05, 3.63) is 52.2 Å². The molecule has 0 radical (unpaired) electrons. The molecule has 3 rings (SSSR count). The normalized spacial score (nSPS) is 19.0. The molecule has 1 aliphatic heterocycles. The van der Waals surface area contributed by atoms with E-state index in [4.69, 9.17) is 0 Å². The van der Waals surface area contributed by atoms with Crippen LogP contribution in [-0.4, -0.2) is 52.0 Å². The minimum absolute atomic E-state index is 0.221. The highest BCUT2D eigenvalue weighted by Crippen LogP contribution is 2.32. The van der Waals surface area contributed by atoms with Crippen LogP contribution in [0.15, 0.2) is 35.1 Å². The first-order valence-corrected chi connectivity index (χ1v) is 8.61.